The second-order valence-electron chi connectivity index (χ2n) is 3.06. The number of rotatable bonds is 1. The highest BCUT2D eigenvalue weighted by Gasteiger charge is 2.26. The Labute approximate surface area is 76.6 Å². The third kappa shape index (κ3) is 2.69. The molecule has 1 heterocycles. The number of amides is 1. The van der Waals surface area contributed by atoms with Crippen molar-refractivity contribution < 1.29 is 19.1 Å². The van der Waals surface area contributed by atoms with E-state index in [1.807, 2.05) is 0 Å². The van der Waals surface area contributed by atoms with Gasteiger partial charge in [-0.1, -0.05) is 0 Å². The van der Waals surface area contributed by atoms with E-state index in [0.717, 1.165) is 0 Å². The number of Topliss-reactive ketones (excluding diaryl/α,β-unsaturated/α-hetero) is 1. The van der Waals surface area contributed by atoms with Gasteiger partial charge in [0.1, 0.15) is 0 Å². The number of carbonyl (C=O) groups is 2. The molecular weight excluding hydrogens is 174 g/mol. The molecule has 0 aromatic heterocycles. The maximum Gasteiger partial charge on any atom is 0.410 e. The lowest BCUT2D eigenvalue weighted by molar-refractivity contribution is -0.137. The first-order chi connectivity index (χ1) is 6.11. The molecule has 5 heteroatoms. The van der Waals surface area contributed by atoms with Crippen molar-refractivity contribution in [1.82, 2.24) is 4.90 Å². The van der Waals surface area contributed by atoms with E-state index in [1.54, 1.807) is 14.1 Å². The molecule has 1 unspecified atom stereocenters. The minimum Gasteiger partial charge on any atom is -0.436 e. The molecule has 0 bridgehead atoms. The van der Waals surface area contributed by atoms with Crippen LogP contribution in [0.4, 0.5) is 4.79 Å². The summed E-state index contributed by atoms with van der Waals surface area (Å²) in [4.78, 5) is 23.5. The largest absolute Gasteiger partial charge is 0.436 e. The van der Waals surface area contributed by atoms with E-state index in [-0.39, 0.29) is 12.4 Å². The molecule has 0 spiro atoms. The summed E-state index contributed by atoms with van der Waals surface area (Å²) < 4.78 is 9.89. The Kier molecular flexibility index (Phi) is 3.25. The molecule has 0 aromatic carbocycles. The molecular formula is C8H13NO4. The van der Waals surface area contributed by atoms with Crippen LogP contribution in [0, 0.1) is 0 Å². The average Bonchev–Trinajstić information content (AvgIpc) is 2.08. The van der Waals surface area contributed by atoms with Gasteiger partial charge in [0.25, 0.3) is 0 Å². The minimum atomic E-state index is -0.719. The molecule has 0 aliphatic carbocycles. The Morgan fingerprint density at radius 3 is 2.85 bits per heavy atom. The van der Waals surface area contributed by atoms with Gasteiger partial charge in [-0.2, -0.15) is 0 Å². The topological polar surface area (TPSA) is 55.8 Å². The molecule has 1 amide bonds. The number of ether oxygens (including phenoxy) is 2. The van der Waals surface area contributed by atoms with Crippen LogP contribution < -0.4 is 0 Å². The molecule has 5 nitrogen and oxygen atoms in total. The van der Waals surface area contributed by atoms with Crippen molar-refractivity contribution in [3.8, 4) is 0 Å². The second kappa shape index (κ2) is 4.23. The lowest BCUT2D eigenvalue weighted by Crippen LogP contribution is -2.39. The van der Waals surface area contributed by atoms with E-state index in [1.165, 1.54) is 4.90 Å². The van der Waals surface area contributed by atoms with E-state index < -0.39 is 12.2 Å². The van der Waals surface area contributed by atoms with Crippen LogP contribution in [0.2, 0.25) is 0 Å². The standard InChI is InChI=1S/C8H13NO4/c1-9(2)8(11)13-7-5-12-4-3-6(7)10/h7H,3-5H2,1-2H3. The first-order valence-corrected chi connectivity index (χ1v) is 4.09. The van der Waals surface area contributed by atoms with Crippen molar-refractivity contribution >= 4 is 11.9 Å². The van der Waals surface area contributed by atoms with Gasteiger partial charge < -0.3 is 14.4 Å². The van der Waals surface area contributed by atoms with Crippen LogP contribution in [-0.4, -0.2) is 50.2 Å². The molecule has 0 radical (unpaired) electrons. The van der Waals surface area contributed by atoms with Crippen molar-refractivity contribution in [1.29, 1.82) is 0 Å². The SMILES string of the molecule is CN(C)C(=O)OC1COCCC1=O. The van der Waals surface area contributed by atoms with Gasteiger partial charge in [0.05, 0.1) is 13.2 Å². The van der Waals surface area contributed by atoms with Crippen molar-refractivity contribution in [2.45, 2.75) is 12.5 Å². The van der Waals surface area contributed by atoms with E-state index in [2.05, 4.69) is 0 Å². The Morgan fingerprint density at radius 1 is 1.62 bits per heavy atom. The second-order valence-corrected chi connectivity index (χ2v) is 3.06. The Hall–Kier alpha value is -1.10. The van der Waals surface area contributed by atoms with E-state index in [9.17, 15) is 9.59 Å². The zero-order valence-corrected chi connectivity index (χ0v) is 7.78. The maximum atomic E-state index is 11.2. The first-order valence-electron chi connectivity index (χ1n) is 4.09. The average molecular weight is 187 g/mol. The first kappa shape index (κ1) is 9.98. The molecule has 0 saturated carbocycles. The normalized spacial score (nSPS) is 22.6. The number of ketones is 1. The number of nitrogens with zero attached hydrogens (tertiary/aromatic N) is 1. The summed E-state index contributed by atoms with van der Waals surface area (Å²) in [5.41, 5.74) is 0. The molecule has 1 fully saturated rings. The van der Waals surface area contributed by atoms with Gasteiger partial charge in [0.15, 0.2) is 11.9 Å². The highest BCUT2D eigenvalue weighted by atomic mass is 16.6. The highest BCUT2D eigenvalue weighted by molar-refractivity contribution is 5.86. The number of hydrogen-bond donors (Lipinski definition) is 0. The van der Waals surface area contributed by atoms with Crippen LogP contribution in [0.5, 0.6) is 0 Å². The van der Waals surface area contributed by atoms with Crippen molar-refractivity contribution in [3.63, 3.8) is 0 Å². The van der Waals surface area contributed by atoms with Gasteiger partial charge >= 0.3 is 6.09 Å². The van der Waals surface area contributed by atoms with Crippen molar-refractivity contribution in [2.75, 3.05) is 27.3 Å². The van der Waals surface area contributed by atoms with Gasteiger partial charge in [0.2, 0.25) is 0 Å². The molecule has 74 valence electrons. The lowest BCUT2D eigenvalue weighted by atomic mass is 10.1. The monoisotopic (exact) mass is 187 g/mol. The van der Waals surface area contributed by atoms with Crippen molar-refractivity contribution in [3.05, 3.63) is 0 Å². The Morgan fingerprint density at radius 2 is 2.31 bits per heavy atom. The fraction of sp³-hybridized carbons (Fsp3) is 0.750. The fourth-order valence-corrected chi connectivity index (χ4v) is 0.944. The van der Waals surface area contributed by atoms with Crippen LogP contribution in [0.25, 0.3) is 0 Å². The predicted molar refractivity (Wildman–Crippen MR) is 44.4 cm³/mol. The summed E-state index contributed by atoms with van der Waals surface area (Å²) in [7, 11) is 3.13. The van der Waals surface area contributed by atoms with E-state index >= 15 is 0 Å². The van der Waals surface area contributed by atoms with Crippen molar-refractivity contribution in [2.24, 2.45) is 0 Å². The Balaban J connectivity index is 2.43. The third-order valence-corrected chi connectivity index (χ3v) is 1.73. The van der Waals surface area contributed by atoms with Gasteiger partial charge in [0, 0.05) is 20.5 Å². The number of hydrogen-bond acceptors (Lipinski definition) is 4. The van der Waals surface area contributed by atoms with Gasteiger partial charge in [-0.3, -0.25) is 4.79 Å². The summed E-state index contributed by atoms with van der Waals surface area (Å²) in [6.45, 7) is 0.604. The Bertz CT molecular complexity index is 214. The van der Waals surface area contributed by atoms with Crippen LogP contribution in [0.15, 0.2) is 0 Å². The summed E-state index contributed by atoms with van der Waals surface area (Å²) in [6, 6.07) is 0. The molecule has 1 rings (SSSR count). The predicted octanol–water partition coefficient (Wildman–Crippen LogP) is 0.0426. The highest BCUT2D eigenvalue weighted by Crippen LogP contribution is 2.07. The minimum absolute atomic E-state index is 0.0681. The molecule has 13 heavy (non-hydrogen) atoms. The molecule has 1 aliphatic rings. The third-order valence-electron chi connectivity index (χ3n) is 1.73. The molecule has 1 saturated heterocycles. The zero-order valence-electron chi connectivity index (χ0n) is 7.78. The smallest absolute Gasteiger partial charge is 0.410 e. The summed E-state index contributed by atoms with van der Waals surface area (Å²) in [5, 5.41) is 0. The number of carbonyl (C=O) groups excluding carboxylic acids is 2. The summed E-state index contributed by atoms with van der Waals surface area (Å²) in [6.07, 6.45) is -0.904. The molecule has 0 aromatic rings. The molecule has 1 aliphatic heterocycles. The van der Waals surface area contributed by atoms with Crippen LogP contribution in [-0.2, 0) is 14.3 Å². The summed E-state index contributed by atoms with van der Waals surface area (Å²) >= 11 is 0. The van der Waals surface area contributed by atoms with Crippen LogP contribution >= 0.6 is 0 Å². The quantitative estimate of drug-likeness (QED) is 0.581. The maximum absolute atomic E-state index is 11.2. The van der Waals surface area contributed by atoms with E-state index in [4.69, 9.17) is 9.47 Å². The van der Waals surface area contributed by atoms with E-state index in [0.29, 0.717) is 13.0 Å². The molecule has 1 atom stereocenters. The van der Waals surface area contributed by atoms with Gasteiger partial charge in [-0.05, 0) is 0 Å². The summed E-state index contributed by atoms with van der Waals surface area (Å²) in [5.74, 6) is -0.0681. The lowest BCUT2D eigenvalue weighted by Gasteiger charge is -2.22. The van der Waals surface area contributed by atoms with Gasteiger partial charge in [-0.25, -0.2) is 4.79 Å². The fourth-order valence-electron chi connectivity index (χ4n) is 0.944. The zero-order chi connectivity index (χ0) is 9.84. The van der Waals surface area contributed by atoms with Gasteiger partial charge in [-0.15, -0.1) is 0 Å². The van der Waals surface area contributed by atoms with Crippen LogP contribution in [0.3, 0.4) is 0 Å². The molecule has 0 N–H and O–H groups in total. The van der Waals surface area contributed by atoms with Crippen LogP contribution in [0.1, 0.15) is 6.42 Å².